The van der Waals surface area contributed by atoms with E-state index < -0.39 is 20.8 Å². The minimum Gasteiger partial charge on any atom is -0.229 e. The summed E-state index contributed by atoms with van der Waals surface area (Å²) in [5, 5.41) is 0. The average Bonchev–Trinajstić information content (AvgIpc) is 2.86. The SMILES string of the molecule is CC(C)(CS(C)(=O)=O)c1ccc(C2(N=C=O)CCCC2)cc1. The van der Waals surface area contributed by atoms with Gasteiger partial charge in [0, 0.05) is 11.7 Å². The molecule has 1 aromatic carbocycles. The van der Waals surface area contributed by atoms with Crippen LogP contribution in [0.3, 0.4) is 0 Å². The fraction of sp³-hybridized carbons (Fsp3) is 0.588. The molecule has 4 nitrogen and oxygen atoms in total. The highest BCUT2D eigenvalue weighted by Gasteiger charge is 2.36. The first-order chi connectivity index (χ1) is 10.2. The van der Waals surface area contributed by atoms with E-state index in [9.17, 15) is 13.2 Å². The number of hydrogen-bond acceptors (Lipinski definition) is 4. The summed E-state index contributed by atoms with van der Waals surface area (Å²) in [6.45, 7) is 3.86. The van der Waals surface area contributed by atoms with Crippen molar-refractivity contribution in [2.75, 3.05) is 12.0 Å². The van der Waals surface area contributed by atoms with E-state index in [1.165, 1.54) is 6.26 Å². The zero-order valence-corrected chi connectivity index (χ0v) is 14.2. The lowest BCUT2D eigenvalue weighted by Crippen LogP contribution is -2.28. The molecule has 1 fully saturated rings. The number of nitrogens with zero attached hydrogens (tertiary/aromatic N) is 1. The normalized spacial score (nSPS) is 18.0. The Labute approximate surface area is 132 Å². The molecular weight excluding hydrogens is 298 g/mol. The Morgan fingerprint density at radius 2 is 1.73 bits per heavy atom. The van der Waals surface area contributed by atoms with Gasteiger partial charge in [0.25, 0.3) is 0 Å². The molecule has 1 saturated carbocycles. The number of rotatable bonds is 5. The monoisotopic (exact) mass is 321 g/mol. The van der Waals surface area contributed by atoms with Gasteiger partial charge in [0.1, 0.15) is 9.84 Å². The molecule has 0 unspecified atom stereocenters. The van der Waals surface area contributed by atoms with Crippen molar-refractivity contribution in [2.45, 2.75) is 50.5 Å². The molecule has 0 bridgehead atoms. The van der Waals surface area contributed by atoms with Crippen LogP contribution >= 0.6 is 0 Å². The zero-order valence-electron chi connectivity index (χ0n) is 13.4. The molecule has 120 valence electrons. The molecule has 22 heavy (non-hydrogen) atoms. The fourth-order valence-corrected chi connectivity index (χ4v) is 4.96. The maximum atomic E-state index is 11.6. The molecule has 0 aromatic heterocycles. The van der Waals surface area contributed by atoms with Crippen molar-refractivity contribution in [1.82, 2.24) is 0 Å². The lowest BCUT2D eigenvalue weighted by atomic mass is 9.83. The summed E-state index contributed by atoms with van der Waals surface area (Å²) in [5.41, 5.74) is 1.13. The van der Waals surface area contributed by atoms with Crippen molar-refractivity contribution in [2.24, 2.45) is 4.99 Å². The van der Waals surface area contributed by atoms with Gasteiger partial charge < -0.3 is 0 Å². The molecule has 0 saturated heterocycles. The lowest BCUT2D eigenvalue weighted by molar-refractivity contribution is 0.455. The number of isocyanates is 1. The quantitative estimate of drug-likeness (QED) is 0.618. The van der Waals surface area contributed by atoms with Gasteiger partial charge in [-0.2, -0.15) is 4.99 Å². The maximum Gasteiger partial charge on any atom is 0.235 e. The van der Waals surface area contributed by atoms with E-state index in [-0.39, 0.29) is 5.75 Å². The van der Waals surface area contributed by atoms with E-state index in [0.29, 0.717) is 0 Å². The van der Waals surface area contributed by atoms with Crippen LogP contribution in [0.4, 0.5) is 0 Å². The van der Waals surface area contributed by atoms with Gasteiger partial charge >= 0.3 is 0 Å². The summed E-state index contributed by atoms with van der Waals surface area (Å²) in [7, 11) is -3.05. The minimum absolute atomic E-state index is 0.108. The van der Waals surface area contributed by atoms with Crippen LogP contribution in [-0.2, 0) is 25.6 Å². The van der Waals surface area contributed by atoms with E-state index in [1.54, 1.807) is 6.08 Å². The Morgan fingerprint density at radius 3 is 2.18 bits per heavy atom. The molecule has 0 heterocycles. The van der Waals surface area contributed by atoms with Crippen LogP contribution in [0.2, 0.25) is 0 Å². The molecule has 1 aliphatic carbocycles. The van der Waals surface area contributed by atoms with Gasteiger partial charge in [-0.3, -0.25) is 0 Å². The van der Waals surface area contributed by atoms with E-state index in [4.69, 9.17) is 0 Å². The van der Waals surface area contributed by atoms with Crippen LogP contribution < -0.4 is 0 Å². The molecule has 0 radical (unpaired) electrons. The minimum atomic E-state index is -3.05. The Morgan fingerprint density at radius 1 is 1.18 bits per heavy atom. The third-order valence-electron chi connectivity index (χ3n) is 4.52. The summed E-state index contributed by atoms with van der Waals surface area (Å²) in [5.74, 6) is 0.108. The number of carbonyl (C=O) groups excluding carboxylic acids is 1. The number of sulfone groups is 1. The highest BCUT2D eigenvalue weighted by atomic mass is 32.2. The van der Waals surface area contributed by atoms with Crippen molar-refractivity contribution in [3.8, 4) is 0 Å². The Hall–Kier alpha value is -1.45. The lowest BCUT2D eigenvalue weighted by Gasteiger charge is -2.27. The van der Waals surface area contributed by atoms with Gasteiger partial charge in [0.2, 0.25) is 6.08 Å². The third-order valence-corrected chi connectivity index (χ3v) is 5.76. The standard InChI is InChI=1S/C17H23NO3S/c1-16(2,12-22(3,20)21)14-6-8-15(9-7-14)17(18-13-19)10-4-5-11-17/h6-9H,4-5,10-12H2,1-3H3. The van der Waals surface area contributed by atoms with Crippen LogP contribution in [0.25, 0.3) is 0 Å². The molecule has 1 aromatic rings. The molecule has 0 N–H and O–H groups in total. The van der Waals surface area contributed by atoms with Gasteiger partial charge in [-0.15, -0.1) is 0 Å². The predicted molar refractivity (Wildman–Crippen MR) is 87.4 cm³/mol. The molecule has 5 heteroatoms. The highest BCUT2D eigenvalue weighted by Crippen LogP contribution is 2.42. The Bertz CT molecular complexity index is 677. The largest absolute Gasteiger partial charge is 0.235 e. The van der Waals surface area contributed by atoms with E-state index in [0.717, 1.165) is 36.8 Å². The first kappa shape index (κ1) is 16.9. The Kier molecular flexibility index (Phi) is 4.59. The molecule has 0 atom stereocenters. The number of hydrogen-bond donors (Lipinski definition) is 0. The molecule has 0 aliphatic heterocycles. The second kappa shape index (κ2) is 5.98. The van der Waals surface area contributed by atoms with Gasteiger partial charge in [-0.05, 0) is 24.0 Å². The van der Waals surface area contributed by atoms with Crippen LogP contribution in [0.5, 0.6) is 0 Å². The first-order valence-electron chi connectivity index (χ1n) is 7.56. The third kappa shape index (κ3) is 3.65. The predicted octanol–water partition coefficient (Wildman–Crippen LogP) is 3.11. The summed E-state index contributed by atoms with van der Waals surface area (Å²) in [6, 6.07) is 7.87. The molecule has 1 aliphatic rings. The molecule has 0 spiro atoms. The zero-order chi connectivity index (χ0) is 16.4. The van der Waals surface area contributed by atoms with E-state index in [2.05, 4.69) is 4.99 Å². The van der Waals surface area contributed by atoms with Crippen LogP contribution in [0.1, 0.15) is 50.7 Å². The van der Waals surface area contributed by atoms with E-state index >= 15 is 0 Å². The van der Waals surface area contributed by atoms with Crippen LogP contribution in [-0.4, -0.2) is 26.5 Å². The summed E-state index contributed by atoms with van der Waals surface area (Å²) in [4.78, 5) is 14.8. The second-order valence-corrected chi connectivity index (χ2v) is 9.11. The van der Waals surface area contributed by atoms with Gasteiger partial charge in [0.15, 0.2) is 0 Å². The summed E-state index contributed by atoms with van der Waals surface area (Å²) in [6.07, 6.45) is 6.84. The van der Waals surface area contributed by atoms with Gasteiger partial charge in [0.05, 0.1) is 11.3 Å². The van der Waals surface area contributed by atoms with Gasteiger partial charge in [-0.25, -0.2) is 13.2 Å². The van der Waals surface area contributed by atoms with E-state index in [1.807, 2.05) is 38.1 Å². The van der Waals surface area contributed by atoms with Crippen molar-refractivity contribution >= 4 is 15.9 Å². The summed E-state index contributed by atoms with van der Waals surface area (Å²) < 4.78 is 23.1. The van der Waals surface area contributed by atoms with Crippen molar-refractivity contribution in [1.29, 1.82) is 0 Å². The average molecular weight is 321 g/mol. The highest BCUT2D eigenvalue weighted by molar-refractivity contribution is 7.90. The molecule has 0 amide bonds. The summed E-state index contributed by atoms with van der Waals surface area (Å²) >= 11 is 0. The van der Waals surface area contributed by atoms with Gasteiger partial charge in [-0.1, -0.05) is 51.0 Å². The van der Waals surface area contributed by atoms with Crippen LogP contribution in [0.15, 0.2) is 29.3 Å². The fourth-order valence-electron chi connectivity index (χ4n) is 3.48. The van der Waals surface area contributed by atoms with Crippen molar-refractivity contribution in [3.63, 3.8) is 0 Å². The number of benzene rings is 1. The first-order valence-corrected chi connectivity index (χ1v) is 9.62. The molecule has 2 rings (SSSR count). The topological polar surface area (TPSA) is 63.6 Å². The smallest absolute Gasteiger partial charge is 0.229 e. The van der Waals surface area contributed by atoms with Crippen molar-refractivity contribution in [3.05, 3.63) is 35.4 Å². The maximum absolute atomic E-state index is 11.6. The van der Waals surface area contributed by atoms with Crippen molar-refractivity contribution < 1.29 is 13.2 Å². The number of aliphatic imine (C=N–C) groups is 1. The molecular formula is C17H23NO3S. The Balaban J connectivity index is 2.32. The van der Waals surface area contributed by atoms with Crippen LogP contribution in [0, 0.1) is 0 Å². The second-order valence-electron chi connectivity index (χ2n) is 6.97.